The van der Waals surface area contributed by atoms with Crippen LogP contribution in [0.15, 0.2) is 18.3 Å². The van der Waals surface area contributed by atoms with Crippen molar-refractivity contribution in [3.05, 3.63) is 23.9 Å². The van der Waals surface area contributed by atoms with E-state index in [4.69, 9.17) is 0 Å². The second-order valence-corrected chi connectivity index (χ2v) is 6.87. The van der Waals surface area contributed by atoms with E-state index in [1.54, 1.807) is 37.2 Å². The number of carbonyl (C=O) groups excluding carboxylic acids is 1. The van der Waals surface area contributed by atoms with Crippen LogP contribution in [0.5, 0.6) is 0 Å². The Hall–Kier alpha value is -1.63. The molecule has 6 nitrogen and oxygen atoms in total. The quantitative estimate of drug-likeness (QED) is 0.849. The highest BCUT2D eigenvalue weighted by molar-refractivity contribution is 7.91. The molecule has 104 valence electrons. The average Bonchev–Trinajstić information content (AvgIpc) is 2.37. The number of hydrogen-bond acceptors (Lipinski definition) is 5. The number of nitrogens with one attached hydrogen (secondary N) is 1. The Kier molecular flexibility index (Phi) is 3.75. The number of rotatable bonds is 2. The minimum atomic E-state index is -3.01. The van der Waals surface area contributed by atoms with Crippen LogP contribution in [0.25, 0.3) is 0 Å². The van der Waals surface area contributed by atoms with Crippen molar-refractivity contribution >= 4 is 21.6 Å². The first-order valence-corrected chi connectivity index (χ1v) is 7.90. The van der Waals surface area contributed by atoms with Gasteiger partial charge in [-0.15, -0.1) is 0 Å². The predicted molar refractivity (Wildman–Crippen MR) is 72.9 cm³/mol. The first kappa shape index (κ1) is 13.8. The van der Waals surface area contributed by atoms with Crippen LogP contribution in [0.1, 0.15) is 17.3 Å². The van der Waals surface area contributed by atoms with E-state index in [9.17, 15) is 13.2 Å². The van der Waals surface area contributed by atoms with Gasteiger partial charge < -0.3 is 10.2 Å². The summed E-state index contributed by atoms with van der Waals surface area (Å²) in [7, 11) is -1.28. The summed E-state index contributed by atoms with van der Waals surface area (Å²) in [6.45, 7) is 2.01. The minimum absolute atomic E-state index is 0.0305. The Bertz CT molecular complexity index is 586. The Morgan fingerprint density at radius 3 is 2.89 bits per heavy atom. The summed E-state index contributed by atoms with van der Waals surface area (Å²) in [5.41, 5.74) is 0.519. The van der Waals surface area contributed by atoms with Crippen LogP contribution in [0.4, 0.5) is 5.82 Å². The standard InChI is InChI=1S/C12H17N3O3S/c1-9-8-19(17,18)6-5-15(9)12(16)10-3-4-14-11(7-10)13-2/h3-4,7,9H,5-6,8H2,1-2H3,(H,13,14). The number of pyridine rings is 1. The van der Waals surface area contributed by atoms with E-state index in [0.717, 1.165) is 0 Å². The molecule has 2 heterocycles. The van der Waals surface area contributed by atoms with Gasteiger partial charge in [0.25, 0.3) is 5.91 Å². The molecule has 7 heteroatoms. The maximum atomic E-state index is 12.4. The normalized spacial score (nSPS) is 22.0. The van der Waals surface area contributed by atoms with Gasteiger partial charge >= 0.3 is 0 Å². The van der Waals surface area contributed by atoms with Gasteiger partial charge in [0, 0.05) is 31.4 Å². The van der Waals surface area contributed by atoms with Crippen LogP contribution in [0, 0.1) is 0 Å². The van der Waals surface area contributed by atoms with Crippen LogP contribution in [-0.4, -0.2) is 55.3 Å². The van der Waals surface area contributed by atoms with Gasteiger partial charge in [0.15, 0.2) is 9.84 Å². The van der Waals surface area contributed by atoms with Gasteiger partial charge in [-0.1, -0.05) is 0 Å². The van der Waals surface area contributed by atoms with Crippen molar-refractivity contribution in [1.82, 2.24) is 9.88 Å². The highest BCUT2D eigenvalue weighted by atomic mass is 32.2. The molecule has 1 aliphatic rings. The molecule has 0 saturated carbocycles. The van der Waals surface area contributed by atoms with Crippen LogP contribution in [0.3, 0.4) is 0 Å². The summed E-state index contributed by atoms with van der Waals surface area (Å²) >= 11 is 0. The van der Waals surface area contributed by atoms with Crippen LogP contribution in [-0.2, 0) is 9.84 Å². The molecule has 2 rings (SSSR count). The molecule has 0 bridgehead atoms. The second kappa shape index (κ2) is 5.16. The predicted octanol–water partition coefficient (Wildman–Crippen LogP) is 0.382. The lowest BCUT2D eigenvalue weighted by Crippen LogP contribution is -2.49. The maximum absolute atomic E-state index is 12.4. The Labute approximate surface area is 112 Å². The van der Waals surface area contributed by atoms with E-state index >= 15 is 0 Å². The minimum Gasteiger partial charge on any atom is -0.373 e. The number of aromatic nitrogens is 1. The fraction of sp³-hybridized carbons (Fsp3) is 0.500. The second-order valence-electron chi connectivity index (χ2n) is 4.64. The zero-order valence-corrected chi connectivity index (χ0v) is 11.8. The fourth-order valence-corrected chi connectivity index (χ4v) is 3.72. The van der Waals surface area contributed by atoms with Crippen molar-refractivity contribution in [3.63, 3.8) is 0 Å². The average molecular weight is 283 g/mol. The number of carbonyl (C=O) groups is 1. The topological polar surface area (TPSA) is 79.4 Å². The SMILES string of the molecule is CNc1cc(C(=O)N2CCS(=O)(=O)CC2C)ccn1. The van der Waals surface area contributed by atoms with Gasteiger partial charge in [-0.2, -0.15) is 0 Å². The van der Waals surface area contributed by atoms with Gasteiger partial charge in [0.2, 0.25) is 0 Å². The molecule has 1 aromatic heterocycles. The molecular formula is C12H17N3O3S. The lowest BCUT2D eigenvalue weighted by Gasteiger charge is -2.33. The number of hydrogen-bond donors (Lipinski definition) is 1. The molecule has 1 N–H and O–H groups in total. The third kappa shape index (κ3) is 3.04. The molecule has 19 heavy (non-hydrogen) atoms. The van der Waals surface area contributed by atoms with Crippen molar-refractivity contribution in [2.45, 2.75) is 13.0 Å². The highest BCUT2D eigenvalue weighted by Gasteiger charge is 2.31. The molecule has 1 aliphatic heterocycles. The fourth-order valence-electron chi connectivity index (χ4n) is 2.17. The molecule has 0 spiro atoms. The number of anilines is 1. The van der Waals surface area contributed by atoms with Crippen molar-refractivity contribution < 1.29 is 13.2 Å². The molecule has 0 aromatic carbocycles. The number of sulfone groups is 1. The highest BCUT2D eigenvalue weighted by Crippen LogP contribution is 2.16. The van der Waals surface area contributed by atoms with Gasteiger partial charge in [-0.05, 0) is 19.1 Å². The van der Waals surface area contributed by atoms with Gasteiger partial charge in [-0.25, -0.2) is 13.4 Å². The van der Waals surface area contributed by atoms with E-state index in [-0.39, 0.29) is 30.0 Å². The Balaban J connectivity index is 2.20. The van der Waals surface area contributed by atoms with Crippen LogP contribution in [0.2, 0.25) is 0 Å². The zero-order valence-electron chi connectivity index (χ0n) is 11.0. The number of amides is 1. The zero-order chi connectivity index (χ0) is 14.0. The van der Waals surface area contributed by atoms with E-state index in [0.29, 0.717) is 11.4 Å². The van der Waals surface area contributed by atoms with Gasteiger partial charge in [0.05, 0.1) is 11.5 Å². The van der Waals surface area contributed by atoms with Crippen molar-refractivity contribution in [2.75, 3.05) is 30.4 Å². The molecular weight excluding hydrogens is 266 g/mol. The first-order valence-electron chi connectivity index (χ1n) is 6.08. The van der Waals surface area contributed by atoms with E-state index in [2.05, 4.69) is 10.3 Å². The largest absolute Gasteiger partial charge is 0.373 e. The number of nitrogens with zero attached hydrogens (tertiary/aromatic N) is 2. The molecule has 1 fully saturated rings. The molecule has 1 atom stereocenters. The maximum Gasteiger partial charge on any atom is 0.254 e. The lowest BCUT2D eigenvalue weighted by molar-refractivity contribution is 0.0712. The van der Waals surface area contributed by atoms with Crippen LogP contribution >= 0.6 is 0 Å². The molecule has 0 radical (unpaired) electrons. The molecule has 1 amide bonds. The Morgan fingerprint density at radius 2 is 2.26 bits per heavy atom. The van der Waals surface area contributed by atoms with Crippen molar-refractivity contribution in [1.29, 1.82) is 0 Å². The van der Waals surface area contributed by atoms with Crippen molar-refractivity contribution in [3.8, 4) is 0 Å². The Morgan fingerprint density at radius 1 is 1.53 bits per heavy atom. The molecule has 0 aliphatic carbocycles. The van der Waals surface area contributed by atoms with Crippen LogP contribution < -0.4 is 5.32 Å². The monoisotopic (exact) mass is 283 g/mol. The third-order valence-corrected chi connectivity index (χ3v) is 4.99. The smallest absolute Gasteiger partial charge is 0.254 e. The molecule has 1 aromatic rings. The van der Waals surface area contributed by atoms with Gasteiger partial charge in [-0.3, -0.25) is 4.79 Å². The summed E-state index contributed by atoms with van der Waals surface area (Å²) < 4.78 is 23.0. The summed E-state index contributed by atoms with van der Waals surface area (Å²) in [6, 6.07) is 3.01. The summed E-state index contributed by atoms with van der Waals surface area (Å²) in [5.74, 6) is 0.528. The van der Waals surface area contributed by atoms with Gasteiger partial charge in [0.1, 0.15) is 5.82 Å². The summed E-state index contributed by atoms with van der Waals surface area (Å²) in [6.07, 6.45) is 1.56. The third-order valence-electron chi connectivity index (χ3n) is 3.19. The van der Waals surface area contributed by atoms with E-state index < -0.39 is 9.84 Å². The lowest BCUT2D eigenvalue weighted by atomic mass is 10.2. The van der Waals surface area contributed by atoms with E-state index in [1.807, 2.05) is 0 Å². The van der Waals surface area contributed by atoms with E-state index in [1.165, 1.54) is 0 Å². The van der Waals surface area contributed by atoms with Crippen molar-refractivity contribution in [2.24, 2.45) is 0 Å². The summed E-state index contributed by atoms with van der Waals surface area (Å²) in [5, 5.41) is 2.87. The molecule has 1 unspecified atom stereocenters. The summed E-state index contributed by atoms with van der Waals surface area (Å²) in [4.78, 5) is 18.0. The first-order chi connectivity index (χ1) is 8.93. The molecule has 1 saturated heterocycles.